The molecule has 0 saturated heterocycles. The average Bonchev–Trinajstić information content (AvgIpc) is 3.26. The second-order valence-corrected chi connectivity index (χ2v) is 7.05. The summed E-state index contributed by atoms with van der Waals surface area (Å²) in [5.41, 5.74) is 2.37. The molecule has 1 amide bonds. The van der Waals surface area contributed by atoms with Gasteiger partial charge in [-0.1, -0.05) is 19.9 Å². The number of carbonyl (C=O) groups excluding carboxylic acids is 1. The predicted molar refractivity (Wildman–Crippen MR) is 94.1 cm³/mol. The monoisotopic (exact) mass is 357 g/mol. The van der Waals surface area contributed by atoms with Gasteiger partial charge in [-0.15, -0.1) is 0 Å². The van der Waals surface area contributed by atoms with Crippen molar-refractivity contribution in [1.82, 2.24) is 15.1 Å². The molecule has 138 valence electrons. The number of rotatable bonds is 5. The van der Waals surface area contributed by atoms with Crippen molar-refractivity contribution >= 4 is 5.91 Å². The van der Waals surface area contributed by atoms with Crippen molar-refractivity contribution in [2.45, 2.75) is 39.5 Å². The summed E-state index contributed by atoms with van der Waals surface area (Å²) in [5, 5.41) is 7.39. The molecule has 0 aliphatic carbocycles. The van der Waals surface area contributed by atoms with Crippen LogP contribution in [0.1, 0.15) is 48.1 Å². The minimum Gasteiger partial charge on any atom is -0.454 e. The van der Waals surface area contributed by atoms with Gasteiger partial charge in [0.15, 0.2) is 17.2 Å². The molecule has 2 aliphatic heterocycles. The summed E-state index contributed by atoms with van der Waals surface area (Å²) < 4.78 is 18.6. The number of aromatic nitrogens is 2. The summed E-state index contributed by atoms with van der Waals surface area (Å²) in [6, 6.07) is 7.63. The second-order valence-electron chi connectivity index (χ2n) is 7.05. The molecule has 7 nitrogen and oxygen atoms in total. The normalized spacial score (nSPS) is 18.0. The highest BCUT2D eigenvalue weighted by atomic mass is 16.7. The number of fused-ring (bicyclic) bond motifs is 2. The maximum atomic E-state index is 12.3. The topological polar surface area (TPSA) is 74.6 Å². The molecule has 1 N–H and O–H groups in total. The van der Waals surface area contributed by atoms with E-state index in [2.05, 4.69) is 24.3 Å². The third-order valence-corrected chi connectivity index (χ3v) is 4.64. The molecule has 0 saturated carbocycles. The fourth-order valence-electron chi connectivity index (χ4n) is 3.12. The zero-order valence-electron chi connectivity index (χ0n) is 15.0. The largest absolute Gasteiger partial charge is 0.454 e. The Hall–Kier alpha value is -2.54. The summed E-state index contributed by atoms with van der Waals surface area (Å²) in [6.45, 7) is 6.17. The van der Waals surface area contributed by atoms with Gasteiger partial charge in [-0.3, -0.25) is 9.48 Å². The van der Waals surface area contributed by atoms with E-state index >= 15 is 0 Å². The van der Waals surface area contributed by atoms with Gasteiger partial charge in [0.1, 0.15) is 6.10 Å². The molecule has 2 aliphatic rings. The van der Waals surface area contributed by atoms with Gasteiger partial charge >= 0.3 is 0 Å². The van der Waals surface area contributed by atoms with Gasteiger partial charge in [-0.05, 0) is 36.1 Å². The molecule has 1 atom stereocenters. The second kappa shape index (κ2) is 6.99. The Kier molecular flexibility index (Phi) is 4.55. The van der Waals surface area contributed by atoms with Crippen LogP contribution in [-0.2, 0) is 17.9 Å². The van der Waals surface area contributed by atoms with E-state index in [4.69, 9.17) is 14.2 Å². The van der Waals surface area contributed by atoms with Crippen molar-refractivity contribution in [2.75, 3.05) is 13.3 Å². The molecule has 3 heterocycles. The number of ether oxygens (including phenoxy) is 3. The lowest BCUT2D eigenvalue weighted by atomic mass is 10.1. The van der Waals surface area contributed by atoms with Crippen LogP contribution in [0.4, 0.5) is 0 Å². The van der Waals surface area contributed by atoms with E-state index < -0.39 is 0 Å². The highest BCUT2D eigenvalue weighted by molar-refractivity contribution is 5.92. The SMILES string of the molecule is CC(C)CCNC(=O)c1cc2n(n1)CC(c1ccc3c(c1)OCO3)OC2. The maximum absolute atomic E-state index is 12.3. The summed E-state index contributed by atoms with van der Waals surface area (Å²) in [5.74, 6) is 1.92. The van der Waals surface area contributed by atoms with Gasteiger partial charge in [-0.2, -0.15) is 5.10 Å². The lowest BCUT2D eigenvalue weighted by Gasteiger charge is -2.24. The summed E-state index contributed by atoms with van der Waals surface area (Å²) >= 11 is 0. The number of amides is 1. The van der Waals surface area contributed by atoms with Gasteiger partial charge in [0.2, 0.25) is 6.79 Å². The summed E-state index contributed by atoms with van der Waals surface area (Å²) in [6.07, 6.45) is 0.822. The first kappa shape index (κ1) is 16.9. The molecule has 7 heteroatoms. The molecule has 0 spiro atoms. The molecule has 0 bridgehead atoms. The van der Waals surface area contributed by atoms with Crippen LogP contribution in [-0.4, -0.2) is 29.0 Å². The molecular formula is C19H23N3O4. The fourth-order valence-corrected chi connectivity index (χ4v) is 3.12. The predicted octanol–water partition coefficient (Wildman–Crippen LogP) is 2.66. The van der Waals surface area contributed by atoms with Crippen LogP contribution in [0, 0.1) is 5.92 Å². The van der Waals surface area contributed by atoms with Crippen molar-refractivity contribution in [3.63, 3.8) is 0 Å². The maximum Gasteiger partial charge on any atom is 0.271 e. The molecule has 1 unspecified atom stereocenters. The Morgan fingerprint density at radius 3 is 3.00 bits per heavy atom. The molecule has 2 aromatic rings. The fraction of sp³-hybridized carbons (Fsp3) is 0.474. The Balaban J connectivity index is 1.44. The molecular weight excluding hydrogens is 334 g/mol. The van der Waals surface area contributed by atoms with E-state index in [1.165, 1.54) is 0 Å². The number of nitrogens with one attached hydrogen (secondary N) is 1. The minimum absolute atomic E-state index is 0.131. The van der Waals surface area contributed by atoms with Crippen molar-refractivity contribution in [2.24, 2.45) is 5.92 Å². The lowest BCUT2D eigenvalue weighted by Crippen LogP contribution is -2.26. The number of benzene rings is 1. The summed E-state index contributed by atoms with van der Waals surface area (Å²) in [7, 11) is 0. The number of hydrogen-bond donors (Lipinski definition) is 1. The highest BCUT2D eigenvalue weighted by Crippen LogP contribution is 2.36. The third-order valence-electron chi connectivity index (χ3n) is 4.64. The van der Waals surface area contributed by atoms with E-state index in [9.17, 15) is 4.79 Å². The van der Waals surface area contributed by atoms with Crippen molar-refractivity contribution in [3.8, 4) is 11.5 Å². The zero-order valence-corrected chi connectivity index (χ0v) is 15.0. The molecule has 1 aromatic carbocycles. The molecule has 26 heavy (non-hydrogen) atoms. The molecule has 0 fully saturated rings. The van der Waals surface area contributed by atoms with Crippen molar-refractivity contribution < 1.29 is 19.0 Å². The molecule has 0 radical (unpaired) electrons. The van der Waals surface area contributed by atoms with E-state index in [1.807, 2.05) is 22.9 Å². The quantitative estimate of drug-likeness (QED) is 0.890. The Bertz CT molecular complexity index is 815. The number of nitrogens with zero attached hydrogens (tertiary/aromatic N) is 2. The van der Waals surface area contributed by atoms with Crippen LogP contribution in [0.25, 0.3) is 0 Å². The van der Waals surface area contributed by atoms with E-state index in [0.29, 0.717) is 31.3 Å². The Morgan fingerprint density at radius 2 is 2.15 bits per heavy atom. The minimum atomic E-state index is -0.132. The van der Waals surface area contributed by atoms with Crippen LogP contribution in [0.3, 0.4) is 0 Å². The van der Waals surface area contributed by atoms with Gasteiger partial charge in [0, 0.05) is 6.54 Å². The molecule has 4 rings (SSSR count). The van der Waals surface area contributed by atoms with Crippen LogP contribution in [0.15, 0.2) is 24.3 Å². The lowest BCUT2D eigenvalue weighted by molar-refractivity contribution is -0.00128. The smallest absolute Gasteiger partial charge is 0.271 e. The van der Waals surface area contributed by atoms with E-state index in [0.717, 1.165) is 29.2 Å². The first-order chi connectivity index (χ1) is 12.6. The van der Waals surface area contributed by atoms with Gasteiger partial charge in [0.05, 0.1) is 18.8 Å². The third kappa shape index (κ3) is 3.39. The van der Waals surface area contributed by atoms with Gasteiger partial charge < -0.3 is 19.5 Å². The Labute approximate surface area is 152 Å². The van der Waals surface area contributed by atoms with Crippen molar-refractivity contribution in [1.29, 1.82) is 0 Å². The van der Waals surface area contributed by atoms with E-state index in [1.54, 1.807) is 6.07 Å². The van der Waals surface area contributed by atoms with Gasteiger partial charge in [-0.25, -0.2) is 0 Å². The summed E-state index contributed by atoms with van der Waals surface area (Å²) in [4.78, 5) is 12.3. The number of hydrogen-bond acceptors (Lipinski definition) is 5. The van der Waals surface area contributed by atoms with Crippen LogP contribution in [0.5, 0.6) is 11.5 Å². The van der Waals surface area contributed by atoms with Crippen LogP contribution >= 0.6 is 0 Å². The van der Waals surface area contributed by atoms with Crippen molar-refractivity contribution in [3.05, 3.63) is 41.2 Å². The number of carbonyl (C=O) groups is 1. The van der Waals surface area contributed by atoms with E-state index in [-0.39, 0.29) is 18.8 Å². The van der Waals surface area contributed by atoms with Crippen LogP contribution in [0.2, 0.25) is 0 Å². The zero-order chi connectivity index (χ0) is 18.1. The van der Waals surface area contributed by atoms with Crippen LogP contribution < -0.4 is 14.8 Å². The highest BCUT2D eigenvalue weighted by Gasteiger charge is 2.25. The standard InChI is InChI=1S/C19H23N3O4/c1-12(2)5-6-20-19(23)15-8-14-10-24-18(9-22(14)21-15)13-3-4-16-17(7-13)26-11-25-16/h3-4,7-8,12,18H,5-6,9-11H2,1-2H3,(H,20,23). The first-order valence-electron chi connectivity index (χ1n) is 8.96. The van der Waals surface area contributed by atoms with Gasteiger partial charge in [0.25, 0.3) is 5.91 Å². The first-order valence-corrected chi connectivity index (χ1v) is 8.96. The Morgan fingerprint density at radius 1 is 1.31 bits per heavy atom. The molecule has 1 aromatic heterocycles. The average molecular weight is 357 g/mol.